The summed E-state index contributed by atoms with van der Waals surface area (Å²) in [6.45, 7) is 4.59. The smallest absolute Gasteiger partial charge is 0.271 e. The molecule has 0 saturated carbocycles. The van der Waals surface area contributed by atoms with Crippen molar-refractivity contribution in [2.24, 2.45) is 0 Å². The molecule has 0 radical (unpaired) electrons. The van der Waals surface area contributed by atoms with Gasteiger partial charge in [-0.05, 0) is 33.5 Å². The fourth-order valence-corrected chi connectivity index (χ4v) is 2.04. The van der Waals surface area contributed by atoms with Crippen molar-refractivity contribution in [2.45, 2.75) is 32.4 Å². The number of rotatable bonds is 7. The molecule has 7 nitrogen and oxygen atoms in total. The van der Waals surface area contributed by atoms with Crippen molar-refractivity contribution >= 4 is 5.91 Å². The lowest BCUT2D eigenvalue weighted by atomic mass is 10.1. The van der Waals surface area contributed by atoms with Crippen molar-refractivity contribution < 1.29 is 9.90 Å². The van der Waals surface area contributed by atoms with Gasteiger partial charge in [0.05, 0.1) is 5.60 Å². The lowest BCUT2D eigenvalue weighted by Crippen LogP contribution is -2.47. The highest BCUT2D eigenvalue weighted by Crippen LogP contribution is 2.03. The maximum atomic E-state index is 12.0. The molecular formula is C14H24N4O3. The second-order valence-electron chi connectivity index (χ2n) is 5.70. The van der Waals surface area contributed by atoms with Gasteiger partial charge in [0, 0.05) is 25.7 Å². The predicted molar refractivity (Wildman–Crippen MR) is 80.3 cm³/mol. The number of hydrogen-bond acceptors (Lipinski definition) is 5. The summed E-state index contributed by atoms with van der Waals surface area (Å²) in [5.74, 6) is -0.404. The van der Waals surface area contributed by atoms with Gasteiger partial charge in [-0.15, -0.1) is 0 Å². The number of aliphatic hydroxyl groups is 1. The van der Waals surface area contributed by atoms with E-state index in [0.29, 0.717) is 13.1 Å². The van der Waals surface area contributed by atoms with Gasteiger partial charge in [-0.1, -0.05) is 6.92 Å². The Morgan fingerprint density at radius 3 is 2.71 bits per heavy atom. The molecule has 0 aliphatic heterocycles. The lowest BCUT2D eigenvalue weighted by Gasteiger charge is -2.26. The zero-order valence-electron chi connectivity index (χ0n) is 13.1. The predicted octanol–water partition coefficient (Wildman–Crippen LogP) is -0.304. The van der Waals surface area contributed by atoms with Gasteiger partial charge in [-0.3, -0.25) is 9.59 Å². The van der Waals surface area contributed by atoms with Gasteiger partial charge in [0.15, 0.2) is 0 Å². The van der Waals surface area contributed by atoms with Crippen LogP contribution in [0.15, 0.2) is 16.9 Å². The molecule has 0 saturated heterocycles. The first kappa shape index (κ1) is 17.3. The summed E-state index contributed by atoms with van der Waals surface area (Å²) in [6.07, 6.45) is 0.759. The minimum absolute atomic E-state index is 0.110. The Balaban J connectivity index is 2.72. The summed E-state index contributed by atoms with van der Waals surface area (Å²) in [6, 6.07) is 2.72. The van der Waals surface area contributed by atoms with Crippen LogP contribution in [-0.2, 0) is 6.54 Å². The van der Waals surface area contributed by atoms with Gasteiger partial charge in [0.2, 0.25) is 0 Å². The Hall–Kier alpha value is -1.73. The Morgan fingerprint density at radius 1 is 1.48 bits per heavy atom. The van der Waals surface area contributed by atoms with E-state index in [9.17, 15) is 14.7 Å². The van der Waals surface area contributed by atoms with Crippen LogP contribution in [0.25, 0.3) is 0 Å². The van der Waals surface area contributed by atoms with E-state index in [1.807, 2.05) is 25.9 Å². The summed E-state index contributed by atoms with van der Waals surface area (Å²) in [5, 5.41) is 16.8. The standard InChI is InChI=1S/C14H24N4O3/c1-5-8-18-12(19)7-6-11(16-18)13(20)15-9-14(2,21)10-17(3)4/h6-7,21H,5,8-10H2,1-4H3,(H,15,20). The minimum Gasteiger partial charge on any atom is -0.387 e. The third-order valence-corrected chi connectivity index (χ3v) is 2.82. The Morgan fingerprint density at radius 2 is 2.14 bits per heavy atom. The van der Waals surface area contributed by atoms with Crippen molar-refractivity contribution in [3.8, 4) is 0 Å². The fourth-order valence-electron chi connectivity index (χ4n) is 2.04. The maximum absolute atomic E-state index is 12.0. The maximum Gasteiger partial charge on any atom is 0.271 e. The normalized spacial score (nSPS) is 14.0. The minimum atomic E-state index is -1.03. The molecule has 7 heteroatoms. The summed E-state index contributed by atoms with van der Waals surface area (Å²) in [4.78, 5) is 25.4. The molecule has 1 heterocycles. The summed E-state index contributed by atoms with van der Waals surface area (Å²) in [5.41, 5.74) is -1.09. The number of carbonyl (C=O) groups is 1. The van der Waals surface area contributed by atoms with E-state index in [1.165, 1.54) is 16.8 Å². The number of aromatic nitrogens is 2. The topological polar surface area (TPSA) is 87.5 Å². The molecular weight excluding hydrogens is 272 g/mol. The SMILES string of the molecule is CCCn1nc(C(=O)NCC(C)(O)CN(C)C)ccc1=O. The molecule has 2 N–H and O–H groups in total. The van der Waals surface area contributed by atoms with Gasteiger partial charge >= 0.3 is 0 Å². The fraction of sp³-hybridized carbons (Fsp3) is 0.643. The van der Waals surface area contributed by atoms with Crippen LogP contribution in [0, 0.1) is 0 Å². The van der Waals surface area contributed by atoms with Crippen molar-refractivity contribution in [3.05, 3.63) is 28.2 Å². The zero-order valence-corrected chi connectivity index (χ0v) is 13.1. The number of hydrogen-bond donors (Lipinski definition) is 2. The average molecular weight is 296 g/mol. The van der Waals surface area contributed by atoms with E-state index in [4.69, 9.17) is 0 Å². The lowest BCUT2D eigenvalue weighted by molar-refractivity contribution is 0.0325. The second-order valence-corrected chi connectivity index (χ2v) is 5.70. The second kappa shape index (κ2) is 7.33. The van der Waals surface area contributed by atoms with Gasteiger partial charge in [-0.2, -0.15) is 5.10 Å². The molecule has 0 spiro atoms. The first-order valence-electron chi connectivity index (χ1n) is 6.98. The third-order valence-electron chi connectivity index (χ3n) is 2.82. The van der Waals surface area contributed by atoms with E-state index in [2.05, 4.69) is 10.4 Å². The molecule has 0 fully saturated rings. The van der Waals surface area contributed by atoms with E-state index in [1.54, 1.807) is 6.92 Å². The van der Waals surface area contributed by atoms with Crippen LogP contribution in [0.5, 0.6) is 0 Å². The molecule has 0 aliphatic rings. The van der Waals surface area contributed by atoms with Crippen LogP contribution in [0.2, 0.25) is 0 Å². The molecule has 1 amide bonds. The molecule has 1 aromatic heterocycles. The highest BCUT2D eigenvalue weighted by atomic mass is 16.3. The third kappa shape index (κ3) is 5.65. The molecule has 0 aromatic carbocycles. The molecule has 1 atom stereocenters. The summed E-state index contributed by atoms with van der Waals surface area (Å²) >= 11 is 0. The first-order valence-corrected chi connectivity index (χ1v) is 6.98. The van der Waals surface area contributed by atoms with Crippen LogP contribution >= 0.6 is 0 Å². The molecule has 0 bridgehead atoms. The monoisotopic (exact) mass is 296 g/mol. The summed E-state index contributed by atoms with van der Waals surface area (Å²) < 4.78 is 1.27. The van der Waals surface area contributed by atoms with Crippen LogP contribution in [0.4, 0.5) is 0 Å². The van der Waals surface area contributed by atoms with Gasteiger partial charge < -0.3 is 15.3 Å². The molecule has 118 valence electrons. The number of likely N-dealkylation sites (N-methyl/N-ethyl adjacent to an activating group) is 1. The van der Waals surface area contributed by atoms with Crippen molar-refractivity contribution in [2.75, 3.05) is 27.2 Å². The van der Waals surface area contributed by atoms with Crippen LogP contribution in [-0.4, -0.2) is 58.5 Å². The van der Waals surface area contributed by atoms with E-state index < -0.39 is 11.5 Å². The van der Waals surface area contributed by atoms with Crippen LogP contribution < -0.4 is 10.9 Å². The van der Waals surface area contributed by atoms with Crippen LogP contribution in [0.1, 0.15) is 30.8 Å². The van der Waals surface area contributed by atoms with Gasteiger partial charge in [0.1, 0.15) is 5.69 Å². The Kier molecular flexibility index (Phi) is 6.04. The zero-order chi connectivity index (χ0) is 16.0. The number of aryl methyl sites for hydroxylation is 1. The number of nitrogens with zero attached hydrogens (tertiary/aromatic N) is 3. The highest BCUT2D eigenvalue weighted by molar-refractivity contribution is 5.92. The number of amides is 1. The average Bonchev–Trinajstić information content (AvgIpc) is 2.37. The van der Waals surface area contributed by atoms with E-state index in [0.717, 1.165) is 6.42 Å². The van der Waals surface area contributed by atoms with E-state index >= 15 is 0 Å². The molecule has 1 aromatic rings. The Bertz CT molecular complexity index is 537. The number of carbonyl (C=O) groups excluding carboxylic acids is 1. The van der Waals surface area contributed by atoms with Gasteiger partial charge in [0.25, 0.3) is 11.5 Å². The summed E-state index contributed by atoms with van der Waals surface area (Å²) in [7, 11) is 3.69. The highest BCUT2D eigenvalue weighted by Gasteiger charge is 2.22. The Labute approximate surface area is 124 Å². The van der Waals surface area contributed by atoms with Crippen LogP contribution in [0.3, 0.4) is 0 Å². The molecule has 1 rings (SSSR count). The molecule has 0 aliphatic carbocycles. The largest absolute Gasteiger partial charge is 0.387 e. The van der Waals surface area contributed by atoms with Gasteiger partial charge in [-0.25, -0.2) is 4.68 Å². The quantitative estimate of drug-likeness (QED) is 0.721. The number of nitrogens with one attached hydrogen (secondary N) is 1. The van der Waals surface area contributed by atoms with Crippen molar-refractivity contribution in [3.63, 3.8) is 0 Å². The van der Waals surface area contributed by atoms with E-state index in [-0.39, 0.29) is 17.8 Å². The van der Waals surface area contributed by atoms with Crippen molar-refractivity contribution in [1.29, 1.82) is 0 Å². The molecule has 1 unspecified atom stereocenters. The first-order chi connectivity index (χ1) is 9.75. The molecule has 21 heavy (non-hydrogen) atoms. The van der Waals surface area contributed by atoms with Crippen molar-refractivity contribution in [1.82, 2.24) is 20.0 Å².